The van der Waals surface area contributed by atoms with Crippen LogP contribution in [0.15, 0.2) is 35.5 Å². The van der Waals surface area contributed by atoms with Crippen molar-refractivity contribution in [2.75, 3.05) is 13.6 Å². The van der Waals surface area contributed by atoms with Gasteiger partial charge in [-0.05, 0) is 30.4 Å². The minimum absolute atomic E-state index is 0.579. The highest BCUT2D eigenvalue weighted by Gasteiger charge is 2.28. The van der Waals surface area contributed by atoms with Crippen LogP contribution in [0.25, 0.3) is 0 Å². The van der Waals surface area contributed by atoms with Gasteiger partial charge in [0.1, 0.15) is 13.3 Å². The summed E-state index contributed by atoms with van der Waals surface area (Å²) < 4.78 is 2.32. The Labute approximate surface area is 118 Å². The van der Waals surface area contributed by atoms with Gasteiger partial charge in [-0.3, -0.25) is 0 Å². The first-order chi connectivity index (χ1) is 9.22. The number of hydrogen-bond donors (Lipinski definition) is 0. The first-order valence-electron chi connectivity index (χ1n) is 7.84. The standard InChI is InChI=1S/C18H28N/c1-4-5-6-7-9-16-11-12-17-10-8-13-19(3)14-18(17)15(16)2/h8,10-12,14-15,18H,4-7,9,13H2,1-3H3/q+1. The molecule has 19 heavy (non-hydrogen) atoms. The van der Waals surface area contributed by atoms with E-state index in [4.69, 9.17) is 0 Å². The van der Waals surface area contributed by atoms with E-state index in [-0.39, 0.29) is 0 Å². The van der Waals surface area contributed by atoms with Gasteiger partial charge < -0.3 is 0 Å². The fraction of sp³-hybridized carbons (Fsp3) is 0.611. The van der Waals surface area contributed by atoms with E-state index in [2.05, 4.69) is 56.0 Å². The summed E-state index contributed by atoms with van der Waals surface area (Å²) in [6.07, 6.45) is 18.4. The highest BCUT2D eigenvalue weighted by atomic mass is 14.9. The molecule has 1 heterocycles. The summed E-state index contributed by atoms with van der Waals surface area (Å²) in [7, 11) is 2.18. The van der Waals surface area contributed by atoms with Gasteiger partial charge >= 0.3 is 0 Å². The highest BCUT2D eigenvalue weighted by molar-refractivity contribution is 5.65. The lowest BCUT2D eigenvalue weighted by Gasteiger charge is -2.26. The average molecular weight is 258 g/mol. The second kappa shape index (κ2) is 6.88. The smallest absolute Gasteiger partial charge is 0.161 e. The molecule has 0 aromatic rings. The van der Waals surface area contributed by atoms with Crippen LogP contribution < -0.4 is 0 Å². The van der Waals surface area contributed by atoms with E-state index in [0.29, 0.717) is 11.8 Å². The van der Waals surface area contributed by atoms with E-state index in [1.54, 1.807) is 5.57 Å². The lowest BCUT2D eigenvalue weighted by atomic mass is 9.77. The largest absolute Gasteiger partial charge is 0.238 e. The van der Waals surface area contributed by atoms with E-state index in [9.17, 15) is 0 Å². The van der Waals surface area contributed by atoms with Crippen molar-refractivity contribution in [3.63, 3.8) is 0 Å². The van der Waals surface area contributed by atoms with E-state index < -0.39 is 0 Å². The summed E-state index contributed by atoms with van der Waals surface area (Å²) in [5.74, 6) is 1.24. The molecule has 0 saturated heterocycles. The van der Waals surface area contributed by atoms with Gasteiger partial charge in [0.15, 0.2) is 6.54 Å². The number of fused-ring (bicyclic) bond motifs is 1. The molecule has 1 aliphatic carbocycles. The quantitative estimate of drug-likeness (QED) is 0.509. The first-order valence-corrected chi connectivity index (χ1v) is 7.84. The minimum atomic E-state index is 0.579. The maximum absolute atomic E-state index is 2.41. The summed E-state index contributed by atoms with van der Waals surface area (Å²) in [6.45, 7) is 5.71. The Morgan fingerprint density at radius 3 is 2.84 bits per heavy atom. The first kappa shape index (κ1) is 14.3. The van der Waals surface area contributed by atoms with Crippen molar-refractivity contribution < 1.29 is 4.58 Å². The summed E-state index contributed by atoms with van der Waals surface area (Å²) in [5, 5.41) is 0. The van der Waals surface area contributed by atoms with Crippen molar-refractivity contribution in [2.24, 2.45) is 11.8 Å². The predicted molar refractivity (Wildman–Crippen MR) is 83.8 cm³/mol. The molecule has 0 saturated carbocycles. The third kappa shape index (κ3) is 3.68. The fourth-order valence-electron chi connectivity index (χ4n) is 3.12. The van der Waals surface area contributed by atoms with Gasteiger partial charge in [-0.25, -0.2) is 4.58 Å². The lowest BCUT2D eigenvalue weighted by Crippen LogP contribution is -2.23. The molecule has 0 radical (unpaired) electrons. The number of allylic oxidation sites excluding steroid dienone is 5. The molecule has 1 heteroatoms. The van der Waals surface area contributed by atoms with E-state index in [1.807, 2.05) is 0 Å². The van der Waals surface area contributed by atoms with Crippen molar-refractivity contribution in [1.82, 2.24) is 0 Å². The molecule has 2 atom stereocenters. The Bertz CT molecular complexity index is 423. The molecule has 1 nitrogen and oxygen atoms in total. The molecule has 2 rings (SSSR count). The second-order valence-electron chi connectivity index (χ2n) is 6.02. The van der Waals surface area contributed by atoms with Gasteiger partial charge in [-0.1, -0.05) is 56.9 Å². The number of unbranched alkanes of at least 4 members (excludes halogenated alkanes) is 3. The number of rotatable bonds is 5. The summed E-state index contributed by atoms with van der Waals surface area (Å²) in [6, 6.07) is 0. The van der Waals surface area contributed by atoms with Crippen molar-refractivity contribution in [3.05, 3.63) is 35.5 Å². The molecule has 0 bridgehead atoms. The zero-order valence-corrected chi connectivity index (χ0v) is 12.7. The fourth-order valence-corrected chi connectivity index (χ4v) is 3.12. The van der Waals surface area contributed by atoms with Crippen LogP contribution in [0.4, 0.5) is 0 Å². The third-order valence-corrected chi connectivity index (χ3v) is 4.44. The zero-order chi connectivity index (χ0) is 13.7. The molecule has 0 amide bonds. The van der Waals surface area contributed by atoms with Crippen LogP contribution in [0.5, 0.6) is 0 Å². The van der Waals surface area contributed by atoms with Crippen molar-refractivity contribution in [2.45, 2.75) is 46.0 Å². The van der Waals surface area contributed by atoms with Crippen molar-refractivity contribution in [3.8, 4) is 0 Å². The molecule has 2 unspecified atom stereocenters. The molecular formula is C18H28N+. The average Bonchev–Trinajstić information content (AvgIpc) is 2.59. The Hall–Kier alpha value is -1.11. The summed E-state index contributed by atoms with van der Waals surface area (Å²) in [5.41, 5.74) is 3.12. The maximum Gasteiger partial charge on any atom is 0.161 e. The Morgan fingerprint density at radius 2 is 2.05 bits per heavy atom. The van der Waals surface area contributed by atoms with Crippen molar-refractivity contribution >= 4 is 6.21 Å². The molecule has 104 valence electrons. The van der Waals surface area contributed by atoms with Crippen LogP contribution in [0.2, 0.25) is 0 Å². The zero-order valence-electron chi connectivity index (χ0n) is 12.7. The van der Waals surface area contributed by atoms with Crippen LogP contribution in [0, 0.1) is 11.8 Å². The topological polar surface area (TPSA) is 3.01 Å². The van der Waals surface area contributed by atoms with Crippen LogP contribution in [-0.4, -0.2) is 24.4 Å². The molecular weight excluding hydrogens is 230 g/mol. The van der Waals surface area contributed by atoms with Gasteiger partial charge in [0.25, 0.3) is 0 Å². The van der Waals surface area contributed by atoms with Crippen LogP contribution in [-0.2, 0) is 0 Å². The maximum atomic E-state index is 2.41. The number of hydrogen-bond acceptors (Lipinski definition) is 0. The Kier molecular flexibility index (Phi) is 5.18. The van der Waals surface area contributed by atoms with Gasteiger partial charge in [-0.2, -0.15) is 0 Å². The lowest BCUT2D eigenvalue weighted by molar-refractivity contribution is -0.483. The van der Waals surface area contributed by atoms with Gasteiger partial charge in [0.05, 0.1) is 5.92 Å². The third-order valence-electron chi connectivity index (χ3n) is 4.44. The minimum Gasteiger partial charge on any atom is -0.238 e. The van der Waals surface area contributed by atoms with E-state index in [0.717, 1.165) is 6.54 Å². The monoisotopic (exact) mass is 258 g/mol. The molecule has 0 spiro atoms. The molecule has 0 fully saturated rings. The predicted octanol–water partition coefficient (Wildman–Crippen LogP) is 4.36. The molecule has 0 aromatic carbocycles. The normalized spacial score (nSPS) is 26.2. The molecule has 1 aliphatic heterocycles. The van der Waals surface area contributed by atoms with Gasteiger partial charge in [0.2, 0.25) is 0 Å². The van der Waals surface area contributed by atoms with Crippen molar-refractivity contribution in [1.29, 1.82) is 0 Å². The van der Waals surface area contributed by atoms with Gasteiger partial charge in [0, 0.05) is 0 Å². The van der Waals surface area contributed by atoms with E-state index in [1.165, 1.54) is 37.7 Å². The van der Waals surface area contributed by atoms with Crippen LogP contribution in [0.1, 0.15) is 46.0 Å². The molecule has 0 N–H and O–H groups in total. The van der Waals surface area contributed by atoms with E-state index >= 15 is 0 Å². The van der Waals surface area contributed by atoms with Gasteiger partial charge in [-0.15, -0.1) is 0 Å². The molecule has 2 aliphatic rings. The van der Waals surface area contributed by atoms with Crippen LogP contribution >= 0.6 is 0 Å². The summed E-state index contributed by atoms with van der Waals surface area (Å²) >= 11 is 0. The number of nitrogens with zero attached hydrogens (tertiary/aromatic N) is 1. The SMILES string of the molecule is CCCCCCC1=CC=C2C=CC[N+](C)=CC2C1C. The Morgan fingerprint density at radius 1 is 1.21 bits per heavy atom. The molecule has 0 aromatic heterocycles. The Balaban J connectivity index is 2.04. The number of likely N-dealkylation sites (N-methyl/N-ethyl adjacent to an activating group) is 1. The second-order valence-corrected chi connectivity index (χ2v) is 6.02. The summed E-state index contributed by atoms with van der Waals surface area (Å²) in [4.78, 5) is 0. The van der Waals surface area contributed by atoms with Crippen LogP contribution in [0.3, 0.4) is 0 Å². The highest BCUT2D eigenvalue weighted by Crippen LogP contribution is 2.34.